The van der Waals surface area contributed by atoms with Crippen LogP contribution < -0.4 is 0 Å². The Morgan fingerprint density at radius 2 is 1.75 bits per heavy atom. The van der Waals surface area contributed by atoms with Gasteiger partial charge >= 0.3 is 0 Å². The first-order chi connectivity index (χ1) is 9.49. The van der Waals surface area contributed by atoms with Gasteiger partial charge in [-0.05, 0) is 37.0 Å². The lowest BCUT2D eigenvalue weighted by molar-refractivity contribution is 0.359. The SMILES string of the molecule is CC(C)CCCCCc1cn(CCC(C)C(C)C)nn1. The molecule has 0 saturated carbocycles. The zero-order valence-corrected chi connectivity index (χ0v) is 14.1. The number of hydrogen-bond donors (Lipinski definition) is 0. The van der Waals surface area contributed by atoms with Gasteiger partial charge < -0.3 is 0 Å². The third-order valence-corrected chi connectivity index (χ3v) is 4.25. The smallest absolute Gasteiger partial charge is 0.0827 e. The monoisotopic (exact) mass is 279 g/mol. The Morgan fingerprint density at radius 1 is 1.00 bits per heavy atom. The maximum absolute atomic E-state index is 4.28. The van der Waals surface area contributed by atoms with Crippen molar-refractivity contribution in [2.75, 3.05) is 0 Å². The van der Waals surface area contributed by atoms with Crippen LogP contribution in [0.15, 0.2) is 6.20 Å². The number of rotatable bonds is 10. The summed E-state index contributed by atoms with van der Waals surface area (Å²) in [4.78, 5) is 0. The van der Waals surface area contributed by atoms with E-state index in [1.165, 1.54) is 32.1 Å². The van der Waals surface area contributed by atoms with Gasteiger partial charge in [-0.2, -0.15) is 0 Å². The number of nitrogens with zero attached hydrogens (tertiary/aromatic N) is 3. The minimum Gasteiger partial charge on any atom is -0.252 e. The molecule has 0 bridgehead atoms. The number of unbranched alkanes of at least 4 members (excludes halogenated alkanes) is 2. The van der Waals surface area contributed by atoms with Crippen LogP contribution in [0.25, 0.3) is 0 Å². The van der Waals surface area contributed by atoms with Crippen LogP contribution in [0.4, 0.5) is 0 Å². The highest BCUT2D eigenvalue weighted by atomic mass is 15.4. The third-order valence-electron chi connectivity index (χ3n) is 4.25. The summed E-state index contributed by atoms with van der Waals surface area (Å²) in [5, 5.41) is 8.53. The van der Waals surface area contributed by atoms with Gasteiger partial charge in [0, 0.05) is 12.7 Å². The van der Waals surface area contributed by atoms with Crippen LogP contribution in [0.5, 0.6) is 0 Å². The molecule has 1 unspecified atom stereocenters. The summed E-state index contributed by atoms with van der Waals surface area (Å²) >= 11 is 0. The van der Waals surface area contributed by atoms with Crippen molar-refractivity contribution < 1.29 is 0 Å². The van der Waals surface area contributed by atoms with Crippen LogP contribution in [0.1, 0.15) is 72.4 Å². The zero-order chi connectivity index (χ0) is 15.0. The molecule has 0 saturated heterocycles. The van der Waals surface area contributed by atoms with E-state index in [-0.39, 0.29) is 0 Å². The van der Waals surface area contributed by atoms with E-state index in [2.05, 4.69) is 51.1 Å². The molecule has 0 N–H and O–H groups in total. The van der Waals surface area contributed by atoms with Gasteiger partial charge in [-0.25, -0.2) is 0 Å². The molecule has 1 aromatic rings. The van der Waals surface area contributed by atoms with Crippen molar-refractivity contribution in [1.82, 2.24) is 15.0 Å². The summed E-state index contributed by atoms with van der Waals surface area (Å²) in [6, 6.07) is 0. The molecule has 1 atom stereocenters. The molecular formula is C17H33N3. The van der Waals surface area contributed by atoms with E-state index < -0.39 is 0 Å². The Bertz CT molecular complexity index is 355. The Balaban J connectivity index is 2.19. The first-order valence-electron chi connectivity index (χ1n) is 8.38. The van der Waals surface area contributed by atoms with E-state index in [0.717, 1.165) is 36.4 Å². The Morgan fingerprint density at radius 3 is 2.40 bits per heavy atom. The lowest BCUT2D eigenvalue weighted by Crippen LogP contribution is -2.09. The lowest BCUT2D eigenvalue weighted by atomic mass is 9.95. The molecule has 0 spiro atoms. The standard InChI is InChI=1S/C17H33N3/c1-14(2)9-7-6-8-10-17-13-20(19-18-17)12-11-16(5)15(3)4/h13-16H,6-12H2,1-5H3. The van der Waals surface area contributed by atoms with Crippen molar-refractivity contribution in [3.8, 4) is 0 Å². The van der Waals surface area contributed by atoms with E-state index in [9.17, 15) is 0 Å². The molecule has 1 rings (SSSR count). The second-order valence-electron chi connectivity index (χ2n) is 6.98. The minimum absolute atomic E-state index is 0.749. The second-order valence-corrected chi connectivity index (χ2v) is 6.98. The highest BCUT2D eigenvalue weighted by molar-refractivity contribution is 4.92. The number of aromatic nitrogens is 3. The van der Waals surface area contributed by atoms with Crippen molar-refractivity contribution in [2.45, 2.75) is 79.7 Å². The van der Waals surface area contributed by atoms with Crippen molar-refractivity contribution in [1.29, 1.82) is 0 Å². The molecule has 116 valence electrons. The van der Waals surface area contributed by atoms with Crippen LogP contribution in [-0.4, -0.2) is 15.0 Å². The Hall–Kier alpha value is -0.860. The van der Waals surface area contributed by atoms with Gasteiger partial charge in [0.2, 0.25) is 0 Å². The average Bonchev–Trinajstić information content (AvgIpc) is 2.83. The summed E-state index contributed by atoms with van der Waals surface area (Å²) in [5.41, 5.74) is 1.16. The summed E-state index contributed by atoms with van der Waals surface area (Å²) in [6.07, 6.45) is 9.66. The maximum Gasteiger partial charge on any atom is 0.0827 e. The van der Waals surface area contributed by atoms with E-state index in [0.29, 0.717) is 0 Å². The van der Waals surface area contributed by atoms with Gasteiger partial charge in [-0.1, -0.05) is 59.1 Å². The maximum atomic E-state index is 4.28. The average molecular weight is 279 g/mol. The predicted molar refractivity (Wildman–Crippen MR) is 85.7 cm³/mol. The van der Waals surface area contributed by atoms with Crippen LogP contribution in [-0.2, 0) is 13.0 Å². The van der Waals surface area contributed by atoms with Gasteiger partial charge in [0.05, 0.1) is 5.69 Å². The fourth-order valence-corrected chi connectivity index (χ4v) is 2.27. The highest BCUT2D eigenvalue weighted by Gasteiger charge is 2.08. The molecule has 0 fully saturated rings. The Kier molecular flexibility index (Phi) is 7.86. The highest BCUT2D eigenvalue weighted by Crippen LogP contribution is 2.15. The van der Waals surface area contributed by atoms with Crippen molar-refractivity contribution in [3.63, 3.8) is 0 Å². The van der Waals surface area contributed by atoms with Crippen LogP contribution in [0, 0.1) is 17.8 Å². The molecule has 0 aromatic carbocycles. The molecule has 0 aliphatic carbocycles. The largest absolute Gasteiger partial charge is 0.252 e. The zero-order valence-electron chi connectivity index (χ0n) is 14.1. The first-order valence-corrected chi connectivity index (χ1v) is 8.38. The predicted octanol–water partition coefficient (Wildman–Crippen LogP) is 4.72. The van der Waals surface area contributed by atoms with Crippen LogP contribution in [0.2, 0.25) is 0 Å². The van der Waals surface area contributed by atoms with Crippen LogP contribution >= 0.6 is 0 Å². The van der Waals surface area contributed by atoms with Gasteiger partial charge in [-0.3, -0.25) is 4.68 Å². The van der Waals surface area contributed by atoms with Crippen LogP contribution in [0.3, 0.4) is 0 Å². The van der Waals surface area contributed by atoms with Gasteiger partial charge in [0.25, 0.3) is 0 Å². The van der Waals surface area contributed by atoms with E-state index in [1.54, 1.807) is 0 Å². The lowest BCUT2D eigenvalue weighted by Gasteiger charge is -2.14. The second kappa shape index (κ2) is 9.15. The van der Waals surface area contributed by atoms with E-state index >= 15 is 0 Å². The van der Waals surface area contributed by atoms with E-state index in [4.69, 9.17) is 0 Å². The van der Waals surface area contributed by atoms with Crippen molar-refractivity contribution >= 4 is 0 Å². The molecule has 0 aliphatic rings. The van der Waals surface area contributed by atoms with Crippen molar-refractivity contribution in [2.24, 2.45) is 17.8 Å². The van der Waals surface area contributed by atoms with Gasteiger partial charge in [-0.15, -0.1) is 5.10 Å². The molecule has 1 heterocycles. The molecule has 0 amide bonds. The van der Waals surface area contributed by atoms with Gasteiger partial charge in [0.1, 0.15) is 0 Å². The van der Waals surface area contributed by atoms with Gasteiger partial charge in [0.15, 0.2) is 0 Å². The first kappa shape index (κ1) is 17.2. The molecule has 0 radical (unpaired) electrons. The Labute approximate surface area is 125 Å². The third kappa shape index (κ3) is 7.06. The fraction of sp³-hybridized carbons (Fsp3) is 0.882. The summed E-state index contributed by atoms with van der Waals surface area (Å²) in [5.74, 6) is 2.33. The quantitative estimate of drug-likeness (QED) is 0.580. The summed E-state index contributed by atoms with van der Waals surface area (Å²) in [7, 11) is 0. The number of aryl methyl sites for hydroxylation is 2. The molecule has 3 nitrogen and oxygen atoms in total. The summed E-state index contributed by atoms with van der Waals surface area (Å²) in [6.45, 7) is 12.5. The minimum atomic E-state index is 0.749. The molecule has 20 heavy (non-hydrogen) atoms. The molecule has 0 aliphatic heterocycles. The van der Waals surface area contributed by atoms with Crippen molar-refractivity contribution in [3.05, 3.63) is 11.9 Å². The molecular weight excluding hydrogens is 246 g/mol. The topological polar surface area (TPSA) is 30.7 Å². The fourth-order valence-electron chi connectivity index (χ4n) is 2.27. The van der Waals surface area contributed by atoms with E-state index in [1.807, 2.05) is 4.68 Å². The molecule has 3 heteroatoms. The molecule has 1 aromatic heterocycles. The summed E-state index contributed by atoms with van der Waals surface area (Å²) < 4.78 is 2.02. The normalized spacial score (nSPS) is 13.3. The number of hydrogen-bond acceptors (Lipinski definition) is 2.